The number of hydrogen-bond acceptors (Lipinski definition) is 3. The molecule has 0 fully saturated rings. The SMILES string of the molecule is Cc1oc(-c2cncc(Cl)c2)cc1C=O. The molecule has 0 aliphatic heterocycles. The van der Waals surface area contributed by atoms with Crippen LogP contribution in [0, 0.1) is 6.92 Å². The summed E-state index contributed by atoms with van der Waals surface area (Å²) in [7, 11) is 0. The Morgan fingerprint density at radius 2 is 2.20 bits per heavy atom. The van der Waals surface area contributed by atoms with Crippen LogP contribution in [0.3, 0.4) is 0 Å². The molecule has 2 aromatic rings. The Labute approximate surface area is 91.7 Å². The first-order valence-electron chi connectivity index (χ1n) is 4.37. The Kier molecular flexibility index (Phi) is 2.56. The number of rotatable bonds is 2. The predicted molar refractivity (Wildman–Crippen MR) is 57.1 cm³/mol. The molecule has 0 radical (unpaired) electrons. The van der Waals surface area contributed by atoms with Crippen molar-refractivity contribution in [3.63, 3.8) is 0 Å². The van der Waals surface area contributed by atoms with E-state index in [0.717, 1.165) is 11.8 Å². The summed E-state index contributed by atoms with van der Waals surface area (Å²) in [5.74, 6) is 1.20. The summed E-state index contributed by atoms with van der Waals surface area (Å²) >= 11 is 5.80. The van der Waals surface area contributed by atoms with Crippen LogP contribution in [0.4, 0.5) is 0 Å². The number of carbonyl (C=O) groups is 1. The predicted octanol–water partition coefficient (Wildman–Crippen LogP) is 3.12. The van der Waals surface area contributed by atoms with Crippen LogP contribution in [0.5, 0.6) is 0 Å². The second-order valence-electron chi connectivity index (χ2n) is 3.13. The molecule has 0 saturated heterocycles. The molecule has 2 heterocycles. The third kappa shape index (κ3) is 1.92. The third-order valence-corrected chi connectivity index (χ3v) is 2.28. The Morgan fingerprint density at radius 1 is 1.40 bits per heavy atom. The van der Waals surface area contributed by atoms with E-state index < -0.39 is 0 Å². The lowest BCUT2D eigenvalue weighted by atomic mass is 10.2. The standard InChI is InChI=1S/C11H8ClNO2/c1-7-9(6-14)3-11(15-7)8-2-10(12)5-13-4-8/h2-6H,1H3. The van der Waals surface area contributed by atoms with Crippen LogP contribution in [0.25, 0.3) is 11.3 Å². The van der Waals surface area contributed by atoms with E-state index in [4.69, 9.17) is 16.0 Å². The maximum Gasteiger partial charge on any atom is 0.153 e. The van der Waals surface area contributed by atoms with Gasteiger partial charge in [0.05, 0.1) is 10.6 Å². The summed E-state index contributed by atoms with van der Waals surface area (Å²) in [6.07, 6.45) is 3.94. The van der Waals surface area contributed by atoms with Crippen LogP contribution in [0.2, 0.25) is 5.02 Å². The van der Waals surface area contributed by atoms with Crippen molar-refractivity contribution in [1.29, 1.82) is 0 Å². The van der Waals surface area contributed by atoms with Crippen LogP contribution in [-0.4, -0.2) is 11.3 Å². The zero-order chi connectivity index (χ0) is 10.8. The fourth-order valence-electron chi connectivity index (χ4n) is 1.30. The molecule has 3 nitrogen and oxygen atoms in total. The quantitative estimate of drug-likeness (QED) is 0.732. The van der Waals surface area contributed by atoms with E-state index in [1.165, 1.54) is 0 Å². The number of carbonyl (C=O) groups excluding carboxylic acids is 1. The van der Waals surface area contributed by atoms with E-state index in [9.17, 15) is 4.79 Å². The molecule has 0 atom stereocenters. The van der Waals surface area contributed by atoms with Crippen LogP contribution >= 0.6 is 11.6 Å². The molecule has 0 aliphatic carbocycles. The molecule has 15 heavy (non-hydrogen) atoms. The van der Waals surface area contributed by atoms with Gasteiger partial charge < -0.3 is 4.42 Å². The Balaban J connectivity index is 2.49. The summed E-state index contributed by atoms with van der Waals surface area (Å²) in [5.41, 5.74) is 1.31. The van der Waals surface area contributed by atoms with Crippen molar-refractivity contribution >= 4 is 17.9 Å². The van der Waals surface area contributed by atoms with Crippen LogP contribution in [0.15, 0.2) is 28.9 Å². The minimum absolute atomic E-state index is 0.536. The molecule has 0 aliphatic rings. The molecular weight excluding hydrogens is 214 g/mol. The Bertz CT molecular complexity index is 505. The van der Waals surface area contributed by atoms with Gasteiger partial charge in [0.1, 0.15) is 11.5 Å². The number of aromatic nitrogens is 1. The average Bonchev–Trinajstić information content (AvgIpc) is 2.60. The number of aldehydes is 1. The molecule has 4 heteroatoms. The molecule has 2 aromatic heterocycles. The molecule has 2 rings (SSSR count). The maximum absolute atomic E-state index is 10.6. The lowest BCUT2D eigenvalue weighted by molar-refractivity contribution is 0.112. The van der Waals surface area contributed by atoms with E-state index in [0.29, 0.717) is 22.1 Å². The highest BCUT2D eigenvalue weighted by molar-refractivity contribution is 6.30. The minimum atomic E-state index is 0.536. The zero-order valence-corrected chi connectivity index (χ0v) is 8.78. The maximum atomic E-state index is 10.6. The molecule has 0 amide bonds. The number of furan rings is 1. The van der Waals surface area contributed by atoms with E-state index in [1.54, 1.807) is 31.5 Å². The zero-order valence-electron chi connectivity index (χ0n) is 8.03. The van der Waals surface area contributed by atoms with Crippen LogP contribution in [-0.2, 0) is 0 Å². The van der Waals surface area contributed by atoms with Gasteiger partial charge in [-0.25, -0.2) is 0 Å². The summed E-state index contributed by atoms with van der Waals surface area (Å²) < 4.78 is 5.42. The van der Waals surface area contributed by atoms with Crippen molar-refractivity contribution in [3.8, 4) is 11.3 Å². The van der Waals surface area contributed by atoms with Gasteiger partial charge in [-0.05, 0) is 19.1 Å². The van der Waals surface area contributed by atoms with E-state index in [1.807, 2.05) is 0 Å². The number of halogens is 1. The van der Waals surface area contributed by atoms with Crippen molar-refractivity contribution in [1.82, 2.24) is 4.98 Å². The van der Waals surface area contributed by atoms with Gasteiger partial charge >= 0.3 is 0 Å². The minimum Gasteiger partial charge on any atom is -0.461 e. The lowest BCUT2D eigenvalue weighted by Crippen LogP contribution is -1.77. The summed E-state index contributed by atoms with van der Waals surface area (Å²) in [6, 6.07) is 3.41. The smallest absolute Gasteiger partial charge is 0.153 e. The molecule has 76 valence electrons. The van der Waals surface area contributed by atoms with E-state index in [-0.39, 0.29) is 0 Å². The second kappa shape index (κ2) is 3.87. The monoisotopic (exact) mass is 221 g/mol. The van der Waals surface area contributed by atoms with Crippen molar-refractivity contribution in [2.45, 2.75) is 6.92 Å². The topological polar surface area (TPSA) is 43.1 Å². The molecule has 0 unspecified atom stereocenters. The van der Waals surface area contributed by atoms with Gasteiger partial charge in [-0.1, -0.05) is 11.6 Å². The first kappa shape index (κ1) is 9.93. The summed E-state index contributed by atoms with van der Waals surface area (Å²) in [4.78, 5) is 14.6. The van der Waals surface area contributed by atoms with E-state index >= 15 is 0 Å². The van der Waals surface area contributed by atoms with Crippen LogP contribution in [0.1, 0.15) is 16.1 Å². The van der Waals surface area contributed by atoms with Gasteiger partial charge in [0.15, 0.2) is 6.29 Å². The lowest BCUT2D eigenvalue weighted by Gasteiger charge is -1.95. The first-order chi connectivity index (χ1) is 7.20. The largest absolute Gasteiger partial charge is 0.461 e. The molecule has 0 spiro atoms. The van der Waals surface area contributed by atoms with E-state index in [2.05, 4.69) is 4.98 Å². The van der Waals surface area contributed by atoms with Crippen molar-refractivity contribution in [3.05, 3.63) is 40.9 Å². The molecule has 0 saturated carbocycles. The van der Waals surface area contributed by atoms with Crippen molar-refractivity contribution in [2.75, 3.05) is 0 Å². The summed E-state index contributed by atoms with van der Waals surface area (Å²) in [6.45, 7) is 1.74. The van der Waals surface area contributed by atoms with Gasteiger partial charge in [0.25, 0.3) is 0 Å². The number of pyridine rings is 1. The molecular formula is C11H8ClNO2. The highest BCUT2D eigenvalue weighted by Gasteiger charge is 2.08. The normalized spacial score (nSPS) is 10.3. The second-order valence-corrected chi connectivity index (χ2v) is 3.57. The molecule has 0 N–H and O–H groups in total. The van der Waals surface area contributed by atoms with Crippen LogP contribution < -0.4 is 0 Å². The number of aryl methyl sites for hydroxylation is 1. The molecule has 0 aromatic carbocycles. The number of nitrogens with zero attached hydrogens (tertiary/aromatic N) is 1. The Hall–Kier alpha value is -1.61. The highest BCUT2D eigenvalue weighted by atomic mass is 35.5. The molecule has 0 bridgehead atoms. The van der Waals surface area contributed by atoms with Gasteiger partial charge in [-0.2, -0.15) is 0 Å². The van der Waals surface area contributed by atoms with Gasteiger partial charge in [-0.3, -0.25) is 9.78 Å². The van der Waals surface area contributed by atoms with Gasteiger partial charge in [0.2, 0.25) is 0 Å². The average molecular weight is 222 g/mol. The number of hydrogen-bond donors (Lipinski definition) is 0. The summed E-state index contributed by atoms with van der Waals surface area (Å²) in [5, 5.41) is 0.536. The Morgan fingerprint density at radius 3 is 2.80 bits per heavy atom. The van der Waals surface area contributed by atoms with Gasteiger partial charge in [-0.15, -0.1) is 0 Å². The fourth-order valence-corrected chi connectivity index (χ4v) is 1.48. The first-order valence-corrected chi connectivity index (χ1v) is 4.75. The van der Waals surface area contributed by atoms with Gasteiger partial charge in [0, 0.05) is 18.0 Å². The highest BCUT2D eigenvalue weighted by Crippen LogP contribution is 2.25. The third-order valence-electron chi connectivity index (χ3n) is 2.07. The van der Waals surface area contributed by atoms with Crippen molar-refractivity contribution < 1.29 is 9.21 Å². The fraction of sp³-hybridized carbons (Fsp3) is 0.0909. The van der Waals surface area contributed by atoms with Crippen molar-refractivity contribution in [2.24, 2.45) is 0 Å².